The van der Waals surface area contributed by atoms with Crippen molar-refractivity contribution in [2.24, 2.45) is 10.8 Å². The molecular weight excluding hydrogens is 280 g/mol. The largest absolute Gasteiger partial charge is 0.469 e. The van der Waals surface area contributed by atoms with Crippen molar-refractivity contribution in [3.8, 4) is 0 Å². The third-order valence-corrected chi connectivity index (χ3v) is 4.37. The highest BCUT2D eigenvalue weighted by Crippen LogP contribution is 2.44. The Bertz CT molecular complexity index is 566. The highest BCUT2D eigenvalue weighted by molar-refractivity contribution is 6.11. The Kier molecular flexibility index (Phi) is 4.50. The molecule has 0 spiro atoms. The van der Waals surface area contributed by atoms with Crippen LogP contribution < -0.4 is 0 Å². The van der Waals surface area contributed by atoms with Crippen LogP contribution in [0.1, 0.15) is 38.7 Å². The Morgan fingerprint density at radius 3 is 2.14 bits per heavy atom. The van der Waals surface area contributed by atoms with E-state index in [9.17, 15) is 14.4 Å². The van der Waals surface area contributed by atoms with Crippen LogP contribution in [-0.4, -0.2) is 24.6 Å². The summed E-state index contributed by atoms with van der Waals surface area (Å²) >= 11 is 0. The first-order valence-electron chi connectivity index (χ1n) is 7.46. The van der Waals surface area contributed by atoms with Crippen LogP contribution in [0.15, 0.2) is 30.3 Å². The van der Waals surface area contributed by atoms with Gasteiger partial charge in [0.25, 0.3) is 0 Å². The van der Waals surface area contributed by atoms with Crippen LogP contribution >= 0.6 is 0 Å². The number of ketones is 2. The van der Waals surface area contributed by atoms with E-state index in [0.717, 1.165) is 5.56 Å². The van der Waals surface area contributed by atoms with Gasteiger partial charge in [0, 0.05) is 12.8 Å². The van der Waals surface area contributed by atoms with Crippen molar-refractivity contribution in [3.05, 3.63) is 35.9 Å². The second kappa shape index (κ2) is 6.03. The molecule has 0 N–H and O–H groups in total. The van der Waals surface area contributed by atoms with Crippen LogP contribution in [-0.2, 0) is 25.5 Å². The van der Waals surface area contributed by atoms with Crippen LogP contribution in [0.3, 0.4) is 0 Å². The van der Waals surface area contributed by atoms with Crippen molar-refractivity contribution < 1.29 is 19.1 Å². The molecule has 22 heavy (non-hydrogen) atoms. The smallest absolute Gasteiger partial charge is 0.306 e. The van der Waals surface area contributed by atoms with E-state index in [1.165, 1.54) is 7.11 Å². The fraction of sp³-hybridized carbons (Fsp3) is 0.500. The van der Waals surface area contributed by atoms with Crippen LogP contribution in [0, 0.1) is 10.8 Å². The molecule has 0 atom stereocenters. The van der Waals surface area contributed by atoms with Crippen molar-refractivity contribution in [1.82, 2.24) is 0 Å². The first-order chi connectivity index (χ1) is 10.3. The lowest BCUT2D eigenvalue weighted by Gasteiger charge is -2.40. The summed E-state index contributed by atoms with van der Waals surface area (Å²) in [4.78, 5) is 37.3. The van der Waals surface area contributed by atoms with Crippen LogP contribution in [0.4, 0.5) is 0 Å². The Morgan fingerprint density at radius 1 is 1.09 bits per heavy atom. The van der Waals surface area contributed by atoms with Gasteiger partial charge in [-0.2, -0.15) is 0 Å². The molecule has 0 aromatic heterocycles. The number of rotatable bonds is 4. The summed E-state index contributed by atoms with van der Waals surface area (Å²) in [7, 11) is 1.28. The highest BCUT2D eigenvalue weighted by Gasteiger charge is 2.52. The van der Waals surface area contributed by atoms with E-state index in [0.29, 0.717) is 12.8 Å². The van der Waals surface area contributed by atoms with Gasteiger partial charge in [0.15, 0.2) is 0 Å². The van der Waals surface area contributed by atoms with Crippen LogP contribution in [0.5, 0.6) is 0 Å². The van der Waals surface area contributed by atoms with Gasteiger partial charge in [-0.25, -0.2) is 0 Å². The Morgan fingerprint density at radius 2 is 1.64 bits per heavy atom. The number of hydrogen-bond donors (Lipinski definition) is 0. The van der Waals surface area contributed by atoms with Gasteiger partial charge in [0.2, 0.25) is 0 Å². The van der Waals surface area contributed by atoms with Crippen molar-refractivity contribution >= 4 is 17.5 Å². The molecular formula is C18H22O4. The number of benzene rings is 1. The first kappa shape index (κ1) is 16.4. The molecule has 4 nitrogen and oxygen atoms in total. The number of esters is 1. The van der Waals surface area contributed by atoms with E-state index in [4.69, 9.17) is 4.74 Å². The predicted molar refractivity (Wildman–Crippen MR) is 82.2 cm³/mol. The van der Waals surface area contributed by atoms with Gasteiger partial charge >= 0.3 is 5.97 Å². The Balaban J connectivity index is 2.39. The van der Waals surface area contributed by atoms with Gasteiger partial charge in [-0.1, -0.05) is 44.2 Å². The molecule has 0 radical (unpaired) electrons. The summed E-state index contributed by atoms with van der Waals surface area (Å²) in [5.41, 5.74) is -0.734. The van der Waals surface area contributed by atoms with E-state index in [-0.39, 0.29) is 29.8 Å². The van der Waals surface area contributed by atoms with Crippen LogP contribution in [0.25, 0.3) is 0 Å². The fourth-order valence-electron chi connectivity index (χ4n) is 3.15. The monoisotopic (exact) mass is 302 g/mol. The summed E-state index contributed by atoms with van der Waals surface area (Å²) in [5, 5.41) is 0. The molecule has 0 unspecified atom stereocenters. The molecule has 1 fully saturated rings. The van der Waals surface area contributed by atoms with Gasteiger partial charge in [-0.3, -0.25) is 14.4 Å². The molecule has 0 bridgehead atoms. The molecule has 2 rings (SSSR count). The first-order valence-corrected chi connectivity index (χ1v) is 7.46. The zero-order valence-electron chi connectivity index (χ0n) is 13.3. The van der Waals surface area contributed by atoms with E-state index in [1.54, 1.807) is 0 Å². The summed E-state index contributed by atoms with van der Waals surface area (Å²) < 4.78 is 4.72. The molecule has 1 aliphatic carbocycles. The zero-order chi connectivity index (χ0) is 16.4. The van der Waals surface area contributed by atoms with Gasteiger partial charge < -0.3 is 4.74 Å². The number of methoxy groups -OCH3 is 1. The number of hydrogen-bond acceptors (Lipinski definition) is 4. The van der Waals surface area contributed by atoms with E-state index >= 15 is 0 Å². The van der Waals surface area contributed by atoms with Gasteiger partial charge in [0.05, 0.1) is 13.5 Å². The highest BCUT2D eigenvalue weighted by atomic mass is 16.5. The van der Waals surface area contributed by atoms with Gasteiger partial charge in [0.1, 0.15) is 17.0 Å². The molecule has 1 aliphatic rings. The molecule has 0 heterocycles. The molecule has 0 amide bonds. The Labute approximate surface area is 130 Å². The maximum atomic E-state index is 12.8. The predicted octanol–water partition coefficient (Wildman–Crippen LogP) is 2.74. The third-order valence-electron chi connectivity index (χ3n) is 4.37. The second-order valence-electron chi connectivity index (χ2n) is 6.86. The molecule has 1 aromatic carbocycles. The average Bonchev–Trinajstić information content (AvgIpc) is 2.44. The summed E-state index contributed by atoms with van der Waals surface area (Å²) in [5.74, 6) is -0.816. The second-order valence-corrected chi connectivity index (χ2v) is 6.86. The Hall–Kier alpha value is -1.97. The summed E-state index contributed by atoms with van der Waals surface area (Å²) in [6.45, 7) is 3.82. The lowest BCUT2D eigenvalue weighted by atomic mass is 9.60. The number of Topliss-reactive ketones (excluding diaryl/α,β-unsaturated/α-hetero) is 2. The minimum absolute atomic E-state index is 0.150. The quantitative estimate of drug-likeness (QED) is 0.634. The minimum Gasteiger partial charge on any atom is -0.469 e. The molecule has 0 aliphatic heterocycles. The average molecular weight is 302 g/mol. The number of carbonyl (C=O) groups is 3. The van der Waals surface area contributed by atoms with Crippen molar-refractivity contribution in [2.45, 2.75) is 39.5 Å². The zero-order valence-corrected chi connectivity index (χ0v) is 13.3. The molecule has 1 aromatic rings. The van der Waals surface area contributed by atoms with Gasteiger partial charge in [-0.05, 0) is 17.4 Å². The maximum absolute atomic E-state index is 12.8. The fourth-order valence-corrected chi connectivity index (χ4v) is 3.15. The maximum Gasteiger partial charge on any atom is 0.306 e. The van der Waals surface area contributed by atoms with Crippen molar-refractivity contribution in [2.75, 3.05) is 7.11 Å². The molecule has 4 heteroatoms. The lowest BCUT2D eigenvalue weighted by molar-refractivity contribution is -0.157. The molecule has 118 valence electrons. The van der Waals surface area contributed by atoms with Crippen LogP contribution in [0.2, 0.25) is 0 Å². The molecule has 1 saturated carbocycles. The third kappa shape index (κ3) is 3.26. The minimum atomic E-state index is -1.27. The normalized spacial score (nSPS) is 19.8. The van der Waals surface area contributed by atoms with Crippen molar-refractivity contribution in [3.63, 3.8) is 0 Å². The summed E-state index contributed by atoms with van der Waals surface area (Å²) in [6, 6.07) is 9.36. The van der Waals surface area contributed by atoms with E-state index in [1.807, 2.05) is 44.2 Å². The SMILES string of the molecule is COC(=O)CC1(Cc2ccccc2)C(=O)CC(C)(C)CC1=O. The standard InChI is InChI=1S/C18H22O4/c1-17(2)10-14(19)18(15(20)11-17,12-16(21)22-3)9-13-7-5-4-6-8-13/h4-8H,9-12H2,1-3H3. The van der Waals surface area contributed by atoms with Crippen molar-refractivity contribution in [1.29, 1.82) is 0 Å². The topological polar surface area (TPSA) is 60.4 Å². The molecule has 0 saturated heterocycles. The summed E-state index contributed by atoms with van der Waals surface area (Å²) in [6.07, 6.45) is 0.702. The van der Waals surface area contributed by atoms with E-state index < -0.39 is 11.4 Å². The van der Waals surface area contributed by atoms with Gasteiger partial charge in [-0.15, -0.1) is 0 Å². The van der Waals surface area contributed by atoms with E-state index in [2.05, 4.69) is 0 Å². The number of carbonyl (C=O) groups excluding carboxylic acids is 3. The number of ether oxygens (including phenoxy) is 1. The lowest BCUT2D eigenvalue weighted by Crippen LogP contribution is -2.50.